The number of rotatable bonds is 5. The molecule has 1 unspecified atom stereocenters. The molecule has 1 aliphatic heterocycles. The molecule has 5 heterocycles. The van der Waals surface area contributed by atoms with Crippen molar-refractivity contribution in [3.8, 4) is 11.4 Å². The third-order valence-corrected chi connectivity index (χ3v) is 6.16. The smallest absolute Gasteiger partial charge is 0.340 e. The SMILES string of the molecule is Cc1cnc(Nc2ccnc(N3CCCC(c4ccc(-c5noc(C(F)(F)F)n5)cn4)C3)n2)s1. The lowest BCUT2D eigenvalue weighted by atomic mass is 9.94. The fourth-order valence-electron chi connectivity index (χ4n) is 3.73. The number of thiazole rings is 1. The molecule has 0 radical (unpaired) electrons. The number of anilines is 3. The first-order valence-electron chi connectivity index (χ1n) is 10.5. The maximum absolute atomic E-state index is 12.7. The molecule has 9 nitrogen and oxygen atoms in total. The molecular weight excluding hydrogens is 469 g/mol. The second kappa shape index (κ2) is 8.97. The predicted molar refractivity (Wildman–Crippen MR) is 119 cm³/mol. The first-order chi connectivity index (χ1) is 16.3. The van der Waals surface area contributed by atoms with Crippen molar-refractivity contribution < 1.29 is 17.7 Å². The van der Waals surface area contributed by atoms with E-state index in [0.29, 0.717) is 23.9 Å². The minimum Gasteiger partial charge on any atom is -0.340 e. The Hall–Kier alpha value is -3.61. The number of piperidine rings is 1. The van der Waals surface area contributed by atoms with Crippen molar-refractivity contribution in [1.82, 2.24) is 30.1 Å². The lowest BCUT2D eigenvalue weighted by Gasteiger charge is -2.32. The molecule has 5 rings (SSSR count). The van der Waals surface area contributed by atoms with Crippen LogP contribution in [0.25, 0.3) is 11.4 Å². The highest BCUT2D eigenvalue weighted by Crippen LogP contribution is 2.31. The van der Waals surface area contributed by atoms with Gasteiger partial charge in [0, 0.05) is 53.7 Å². The minimum absolute atomic E-state index is 0.126. The van der Waals surface area contributed by atoms with Crippen molar-refractivity contribution in [2.24, 2.45) is 0 Å². The molecule has 0 bridgehead atoms. The van der Waals surface area contributed by atoms with Crippen LogP contribution in [0.5, 0.6) is 0 Å². The summed E-state index contributed by atoms with van der Waals surface area (Å²) in [4.78, 5) is 24.5. The molecule has 1 aliphatic rings. The molecule has 0 spiro atoms. The standard InChI is InChI=1S/C21H19F3N8OS/c1-12-9-27-20(34-12)29-16-6-7-25-19(28-16)32-8-2-3-14(11-32)15-5-4-13(10-26-15)17-30-18(33-31-17)21(22,23)24/h4-7,9-10,14H,2-3,8,11H2,1H3,(H,25,27,28,29). The van der Waals surface area contributed by atoms with Gasteiger partial charge in [-0.1, -0.05) is 5.16 Å². The maximum atomic E-state index is 12.7. The second-order valence-electron chi connectivity index (χ2n) is 7.82. The first-order valence-corrected chi connectivity index (χ1v) is 11.3. The van der Waals surface area contributed by atoms with E-state index < -0.39 is 12.1 Å². The van der Waals surface area contributed by atoms with Crippen LogP contribution in [0.2, 0.25) is 0 Å². The zero-order valence-electron chi connectivity index (χ0n) is 18.0. The molecular formula is C21H19F3N8OS. The summed E-state index contributed by atoms with van der Waals surface area (Å²) in [6, 6.07) is 5.24. The van der Waals surface area contributed by atoms with Gasteiger partial charge in [0.2, 0.25) is 11.8 Å². The Morgan fingerprint density at radius 3 is 2.71 bits per heavy atom. The molecule has 1 atom stereocenters. The molecule has 0 saturated carbocycles. The highest BCUT2D eigenvalue weighted by atomic mass is 32.1. The van der Waals surface area contributed by atoms with Crippen LogP contribution in [0.15, 0.2) is 41.3 Å². The van der Waals surface area contributed by atoms with Gasteiger partial charge in [-0.2, -0.15) is 23.1 Å². The van der Waals surface area contributed by atoms with Gasteiger partial charge in [0.25, 0.3) is 0 Å². The van der Waals surface area contributed by atoms with Crippen molar-refractivity contribution in [1.29, 1.82) is 0 Å². The lowest BCUT2D eigenvalue weighted by Crippen LogP contribution is -2.35. The second-order valence-corrected chi connectivity index (χ2v) is 9.06. The number of aryl methyl sites for hydroxylation is 1. The van der Waals surface area contributed by atoms with Crippen molar-refractivity contribution in [3.05, 3.63) is 53.3 Å². The van der Waals surface area contributed by atoms with E-state index in [9.17, 15) is 13.2 Å². The molecule has 13 heteroatoms. The van der Waals surface area contributed by atoms with Crippen LogP contribution in [-0.2, 0) is 6.18 Å². The highest BCUT2D eigenvalue weighted by Gasteiger charge is 2.38. The largest absolute Gasteiger partial charge is 0.471 e. The molecule has 0 amide bonds. The predicted octanol–water partition coefficient (Wildman–Crippen LogP) is 4.83. The average Bonchev–Trinajstić information content (AvgIpc) is 3.49. The summed E-state index contributed by atoms with van der Waals surface area (Å²) in [6.45, 7) is 3.48. The Morgan fingerprint density at radius 1 is 1.12 bits per heavy atom. The van der Waals surface area contributed by atoms with E-state index in [-0.39, 0.29) is 11.7 Å². The van der Waals surface area contributed by atoms with Gasteiger partial charge in [0.15, 0.2) is 5.13 Å². The number of hydrogen-bond donors (Lipinski definition) is 1. The van der Waals surface area contributed by atoms with E-state index in [0.717, 1.165) is 35.1 Å². The highest BCUT2D eigenvalue weighted by molar-refractivity contribution is 7.15. The van der Waals surface area contributed by atoms with Crippen molar-refractivity contribution >= 4 is 28.2 Å². The van der Waals surface area contributed by atoms with E-state index in [2.05, 4.69) is 44.8 Å². The summed E-state index contributed by atoms with van der Waals surface area (Å²) in [5.74, 6) is -0.116. The van der Waals surface area contributed by atoms with Crippen molar-refractivity contribution in [2.75, 3.05) is 23.3 Å². The number of nitrogens with zero attached hydrogens (tertiary/aromatic N) is 7. The molecule has 1 fully saturated rings. The summed E-state index contributed by atoms with van der Waals surface area (Å²) in [5, 5.41) is 7.38. The van der Waals surface area contributed by atoms with Crippen molar-refractivity contribution in [2.45, 2.75) is 31.9 Å². The van der Waals surface area contributed by atoms with Crippen molar-refractivity contribution in [3.63, 3.8) is 0 Å². The number of aromatic nitrogens is 6. The fourth-order valence-corrected chi connectivity index (χ4v) is 4.40. The topological polar surface area (TPSA) is 106 Å². The van der Waals surface area contributed by atoms with Crippen LogP contribution in [0.4, 0.5) is 30.1 Å². The number of alkyl halides is 3. The van der Waals surface area contributed by atoms with Gasteiger partial charge >= 0.3 is 12.1 Å². The van der Waals surface area contributed by atoms with Gasteiger partial charge in [0.1, 0.15) is 5.82 Å². The van der Waals surface area contributed by atoms with Gasteiger partial charge in [0.05, 0.1) is 0 Å². The summed E-state index contributed by atoms with van der Waals surface area (Å²) < 4.78 is 42.4. The molecule has 34 heavy (non-hydrogen) atoms. The molecule has 1 N–H and O–H groups in total. The quantitative estimate of drug-likeness (QED) is 0.423. The molecule has 0 aliphatic carbocycles. The average molecular weight is 488 g/mol. The molecule has 176 valence electrons. The van der Waals surface area contributed by atoms with Crippen LogP contribution >= 0.6 is 11.3 Å². The fraction of sp³-hybridized carbons (Fsp3) is 0.333. The third kappa shape index (κ3) is 4.83. The van der Waals surface area contributed by atoms with Gasteiger partial charge in [-0.25, -0.2) is 9.97 Å². The van der Waals surface area contributed by atoms with Crippen LogP contribution in [0.3, 0.4) is 0 Å². The van der Waals surface area contributed by atoms with E-state index in [1.165, 1.54) is 6.20 Å². The maximum Gasteiger partial charge on any atom is 0.471 e. The van der Waals surface area contributed by atoms with E-state index in [4.69, 9.17) is 0 Å². The van der Waals surface area contributed by atoms with Crippen LogP contribution in [-0.4, -0.2) is 43.2 Å². The summed E-state index contributed by atoms with van der Waals surface area (Å²) in [5.41, 5.74) is 1.19. The third-order valence-electron chi connectivity index (χ3n) is 5.33. The Balaban J connectivity index is 1.28. The van der Waals surface area contributed by atoms with Crippen LogP contribution in [0, 0.1) is 6.92 Å². The molecule has 4 aromatic rings. The summed E-state index contributed by atoms with van der Waals surface area (Å²) in [6.07, 6.45) is 2.16. The van der Waals surface area contributed by atoms with E-state index in [1.54, 1.807) is 41.9 Å². The monoisotopic (exact) mass is 488 g/mol. The van der Waals surface area contributed by atoms with E-state index >= 15 is 0 Å². The van der Waals surface area contributed by atoms with Gasteiger partial charge < -0.3 is 14.7 Å². The van der Waals surface area contributed by atoms with Gasteiger partial charge in [-0.3, -0.25) is 4.98 Å². The number of nitrogens with one attached hydrogen (secondary N) is 1. The minimum atomic E-state index is -4.68. The molecule has 4 aromatic heterocycles. The normalized spacial score (nSPS) is 16.6. The Bertz CT molecular complexity index is 1270. The van der Waals surface area contributed by atoms with Gasteiger partial charge in [-0.05, 0) is 38.0 Å². The summed E-state index contributed by atoms with van der Waals surface area (Å²) in [7, 11) is 0. The number of pyridine rings is 1. The Morgan fingerprint density at radius 2 is 2.00 bits per heavy atom. The number of halogens is 3. The molecule has 0 aromatic carbocycles. The zero-order valence-corrected chi connectivity index (χ0v) is 18.8. The Kier molecular flexibility index (Phi) is 5.86. The zero-order chi connectivity index (χ0) is 23.7. The van der Waals surface area contributed by atoms with Gasteiger partial charge in [-0.15, -0.1) is 11.3 Å². The lowest BCUT2D eigenvalue weighted by molar-refractivity contribution is -0.159. The van der Waals surface area contributed by atoms with Crippen LogP contribution < -0.4 is 10.2 Å². The Labute approximate surface area is 196 Å². The van der Waals surface area contributed by atoms with Crippen LogP contribution in [0.1, 0.15) is 35.2 Å². The first kappa shape index (κ1) is 22.2. The van der Waals surface area contributed by atoms with E-state index in [1.807, 2.05) is 6.92 Å². The summed E-state index contributed by atoms with van der Waals surface area (Å²) >= 11 is 1.55. The molecule has 1 saturated heterocycles. The number of hydrogen-bond acceptors (Lipinski definition) is 10.